The maximum Gasteiger partial charge on any atom is 0.350 e. The minimum absolute atomic E-state index is 0.0550. The van der Waals surface area contributed by atoms with E-state index in [0.29, 0.717) is 33.7 Å². The summed E-state index contributed by atoms with van der Waals surface area (Å²) in [5.41, 5.74) is 1.26. The summed E-state index contributed by atoms with van der Waals surface area (Å²) in [6, 6.07) is 22.4. The number of esters is 1. The summed E-state index contributed by atoms with van der Waals surface area (Å²) in [6.45, 7) is 1.67. The predicted octanol–water partition coefficient (Wildman–Crippen LogP) is 5.89. The normalized spacial score (nSPS) is 14.5. The van der Waals surface area contributed by atoms with Crippen LogP contribution in [0.25, 0.3) is 11.0 Å². The highest BCUT2D eigenvalue weighted by molar-refractivity contribution is 7.17. The number of carbonyl (C=O) groups excluding carboxylic acids is 2. The number of hydrogen-bond acceptors (Lipinski definition) is 8. The van der Waals surface area contributed by atoms with Gasteiger partial charge >= 0.3 is 5.97 Å². The van der Waals surface area contributed by atoms with E-state index in [4.69, 9.17) is 13.9 Å². The van der Waals surface area contributed by atoms with Crippen LogP contribution >= 0.6 is 11.3 Å². The molecular weight excluding hydrogens is 504 g/mol. The summed E-state index contributed by atoms with van der Waals surface area (Å²) in [7, 11) is 1.28. The van der Waals surface area contributed by atoms with Gasteiger partial charge in [-0.05, 0) is 48.9 Å². The molecule has 0 radical (unpaired) electrons. The summed E-state index contributed by atoms with van der Waals surface area (Å²) in [4.78, 5) is 46.1. The molecule has 1 aliphatic heterocycles. The number of aryl methyl sites for hydroxylation is 1. The van der Waals surface area contributed by atoms with Crippen molar-refractivity contribution in [3.8, 4) is 11.5 Å². The monoisotopic (exact) mass is 524 g/mol. The van der Waals surface area contributed by atoms with Gasteiger partial charge in [0.2, 0.25) is 5.76 Å². The van der Waals surface area contributed by atoms with Crippen LogP contribution in [0.15, 0.2) is 88.1 Å². The lowest BCUT2D eigenvalue weighted by Crippen LogP contribution is -2.29. The van der Waals surface area contributed by atoms with E-state index < -0.39 is 17.9 Å². The first-order chi connectivity index (χ1) is 18.5. The fourth-order valence-electron chi connectivity index (χ4n) is 4.57. The van der Waals surface area contributed by atoms with Gasteiger partial charge < -0.3 is 13.9 Å². The molecule has 0 fully saturated rings. The van der Waals surface area contributed by atoms with E-state index in [1.807, 2.05) is 36.4 Å². The maximum atomic E-state index is 13.8. The molecular formula is C29H20N2O6S. The van der Waals surface area contributed by atoms with Crippen LogP contribution in [0.4, 0.5) is 5.13 Å². The lowest BCUT2D eigenvalue weighted by Gasteiger charge is -2.23. The number of anilines is 1. The third-order valence-electron chi connectivity index (χ3n) is 6.29. The van der Waals surface area contributed by atoms with Gasteiger partial charge in [-0.3, -0.25) is 14.5 Å². The standard InChI is InChI=1S/C29H20N2O6S/c1-16-26(28(34)35-2)38-29(30-16)31-23(17-9-8-12-19(15-17)36-18-10-4-3-5-11-18)22-24(32)20-13-6-7-14-21(20)37-25(22)27(31)33/h3-15,23H,1-2H3/t23-/m1/s1. The Kier molecular flexibility index (Phi) is 5.77. The first-order valence-corrected chi connectivity index (χ1v) is 12.6. The minimum atomic E-state index is -0.853. The molecule has 1 aliphatic rings. The smallest absolute Gasteiger partial charge is 0.350 e. The Morgan fingerprint density at radius 1 is 0.974 bits per heavy atom. The molecule has 3 aromatic carbocycles. The van der Waals surface area contributed by atoms with Gasteiger partial charge in [-0.2, -0.15) is 0 Å². The number of para-hydroxylation sites is 2. The van der Waals surface area contributed by atoms with Crippen molar-refractivity contribution in [3.05, 3.63) is 117 Å². The van der Waals surface area contributed by atoms with Crippen molar-refractivity contribution in [2.45, 2.75) is 13.0 Å². The number of benzene rings is 3. The van der Waals surface area contributed by atoms with Crippen molar-refractivity contribution in [1.82, 2.24) is 4.98 Å². The molecule has 6 rings (SSSR count). The van der Waals surface area contributed by atoms with Crippen molar-refractivity contribution < 1.29 is 23.5 Å². The zero-order chi connectivity index (χ0) is 26.4. The van der Waals surface area contributed by atoms with Crippen molar-refractivity contribution in [2.24, 2.45) is 0 Å². The van der Waals surface area contributed by atoms with Crippen LogP contribution in [0.5, 0.6) is 11.5 Å². The highest BCUT2D eigenvalue weighted by atomic mass is 32.1. The number of methoxy groups -OCH3 is 1. The van der Waals surface area contributed by atoms with E-state index >= 15 is 0 Å². The van der Waals surface area contributed by atoms with E-state index in [2.05, 4.69) is 4.98 Å². The molecule has 1 amide bonds. The van der Waals surface area contributed by atoms with Gasteiger partial charge in [-0.15, -0.1) is 0 Å². The molecule has 5 aromatic rings. The Labute approximate surface area is 220 Å². The number of nitrogens with zero attached hydrogens (tertiary/aromatic N) is 2. The SMILES string of the molecule is COC(=O)c1sc(N2C(=O)c3oc4ccccc4c(=O)c3[C@H]2c2cccc(Oc3ccccc3)c2)nc1C. The van der Waals surface area contributed by atoms with Crippen LogP contribution in [0, 0.1) is 6.92 Å². The van der Waals surface area contributed by atoms with Crippen LogP contribution in [0.2, 0.25) is 0 Å². The third kappa shape index (κ3) is 3.84. The molecule has 188 valence electrons. The number of thiazole rings is 1. The number of rotatable bonds is 5. The van der Waals surface area contributed by atoms with Crippen molar-refractivity contribution >= 4 is 39.3 Å². The van der Waals surface area contributed by atoms with Gasteiger partial charge in [0.05, 0.1) is 29.8 Å². The molecule has 9 heteroatoms. The summed E-state index contributed by atoms with van der Waals surface area (Å²) in [5.74, 6) is 0.0524. The topological polar surface area (TPSA) is 98.9 Å². The first-order valence-electron chi connectivity index (χ1n) is 11.7. The number of carbonyl (C=O) groups is 2. The highest BCUT2D eigenvalue weighted by Crippen LogP contribution is 2.44. The van der Waals surface area contributed by atoms with Crippen LogP contribution in [-0.2, 0) is 4.74 Å². The molecule has 0 spiro atoms. The molecule has 0 aliphatic carbocycles. The van der Waals surface area contributed by atoms with E-state index in [-0.39, 0.29) is 26.8 Å². The first kappa shape index (κ1) is 23.6. The minimum Gasteiger partial charge on any atom is -0.465 e. The van der Waals surface area contributed by atoms with Gasteiger partial charge in [-0.25, -0.2) is 9.78 Å². The van der Waals surface area contributed by atoms with Crippen LogP contribution in [-0.4, -0.2) is 24.0 Å². The highest BCUT2D eigenvalue weighted by Gasteiger charge is 2.45. The summed E-state index contributed by atoms with van der Waals surface area (Å²) >= 11 is 1.02. The van der Waals surface area contributed by atoms with Crippen LogP contribution in [0.3, 0.4) is 0 Å². The molecule has 0 saturated carbocycles. The van der Waals surface area contributed by atoms with Crippen molar-refractivity contribution in [3.63, 3.8) is 0 Å². The zero-order valence-corrected chi connectivity index (χ0v) is 21.2. The van der Waals surface area contributed by atoms with E-state index in [1.165, 1.54) is 12.0 Å². The molecule has 38 heavy (non-hydrogen) atoms. The Morgan fingerprint density at radius 2 is 1.71 bits per heavy atom. The second kappa shape index (κ2) is 9.28. The average molecular weight is 525 g/mol. The Hall–Kier alpha value is -4.76. The second-order valence-electron chi connectivity index (χ2n) is 8.64. The van der Waals surface area contributed by atoms with E-state index in [0.717, 1.165) is 11.3 Å². The molecule has 1 atom stereocenters. The van der Waals surface area contributed by atoms with Crippen molar-refractivity contribution in [2.75, 3.05) is 12.0 Å². The summed E-state index contributed by atoms with van der Waals surface area (Å²) in [6.07, 6.45) is 0. The Morgan fingerprint density at radius 3 is 2.50 bits per heavy atom. The van der Waals surface area contributed by atoms with Gasteiger partial charge in [0.1, 0.15) is 22.0 Å². The second-order valence-corrected chi connectivity index (χ2v) is 9.62. The Bertz CT molecular complexity index is 1780. The number of hydrogen-bond donors (Lipinski definition) is 0. The molecule has 8 nitrogen and oxygen atoms in total. The largest absolute Gasteiger partial charge is 0.465 e. The zero-order valence-electron chi connectivity index (χ0n) is 20.3. The van der Waals surface area contributed by atoms with Crippen LogP contribution < -0.4 is 15.1 Å². The van der Waals surface area contributed by atoms with Gasteiger partial charge in [0, 0.05) is 0 Å². The molecule has 0 N–H and O–H groups in total. The third-order valence-corrected chi connectivity index (χ3v) is 7.43. The number of fused-ring (bicyclic) bond motifs is 2. The lowest BCUT2D eigenvalue weighted by atomic mass is 9.98. The Balaban J connectivity index is 1.55. The maximum absolute atomic E-state index is 13.8. The fraction of sp³-hybridized carbons (Fsp3) is 0.103. The fourth-order valence-corrected chi connectivity index (χ4v) is 5.58. The molecule has 0 saturated heterocycles. The molecule has 2 aromatic heterocycles. The molecule has 3 heterocycles. The van der Waals surface area contributed by atoms with Gasteiger partial charge in [0.15, 0.2) is 10.6 Å². The van der Waals surface area contributed by atoms with Gasteiger partial charge in [-0.1, -0.05) is 53.8 Å². The summed E-state index contributed by atoms with van der Waals surface area (Å²) < 4.78 is 16.9. The van der Waals surface area contributed by atoms with Crippen molar-refractivity contribution in [1.29, 1.82) is 0 Å². The molecule has 0 bridgehead atoms. The lowest BCUT2D eigenvalue weighted by molar-refractivity contribution is 0.0605. The van der Waals surface area contributed by atoms with Gasteiger partial charge in [0.25, 0.3) is 5.91 Å². The molecule has 0 unspecified atom stereocenters. The van der Waals surface area contributed by atoms with Crippen LogP contribution in [0.1, 0.15) is 43.1 Å². The quantitative estimate of drug-likeness (QED) is 0.265. The van der Waals surface area contributed by atoms with E-state index in [9.17, 15) is 14.4 Å². The predicted molar refractivity (Wildman–Crippen MR) is 142 cm³/mol. The number of amides is 1. The van der Waals surface area contributed by atoms with E-state index in [1.54, 1.807) is 49.4 Å². The average Bonchev–Trinajstić information content (AvgIpc) is 3.46. The number of ether oxygens (including phenoxy) is 2. The number of aromatic nitrogens is 1. The summed E-state index contributed by atoms with van der Waals surface area (Å²) in [5, 5.41) is 0.621.